The molecular weight excluding hydrogens is 178 g/mol. The van der Waals surface area contributed by atoms with Gasteiger partial charge in [0.25, 0.3) is 0 Å². The van der Waals surface area contributed by atoms with Gasteiger partial charge in [-0.15, -0.1) is 17.0 Å². The largest absolute Gasteiger partial charge is 0.330 e. The quantitative estimate of drug-likeness (QED) is 0.715. The first-order valence-corrected chi connectivity index (χ1v) is 3.63. The fourth-order valence-electron chi connectivity index (χ4n) is 1.53. The highest BCUT2D eigenvalue weighted by Gasteiger charge is 2.12. The summed E-state index contributed by atoms with van der Waals surface area (Å²) in [4.78, 5) is 0. The maximum atomic E-state index is 5.41. The van der Waals surface area contributed by atoms with Crippen LogP contribution >= 0.6 is 17.0 Å². The number of rotatable bonds is 2. The van der Waals surface area contributed by atoms with Crippen LogP contribution in [0.5, 0.6) is 0 Å². The van der Waals surface area contributed by atoms with Crippen LogP contribution in [0.2, 0.25) is 0 Å². The molecule has 1 aliphatic rings. The standard InChI is InChI=1S/C7H15N.BrH/c8-6-5-7-3-1-2-4-7;/h7H,1-6,8H2;1H. The second-order valence-electron chi connectivity index (χ2n) is 2.73. The highest BCUT2D eigenvalue weighted by atomic mass is 79.9. The summed E-state index contributed by atoms with van der Waals surface area (Å²) < 4.78 is 0. The van der Waals surface area contributed by atoms with E-state index in [4.69, 9.17) is 5.73 Å². The summed E-state index contributed by atoms with van der Waals surface area (Å²) in [5, 5.41) is 0. The maximum Gasteiger partial charge on any atom is -0.00746 e. The molecule has 0 radical (unpaired) electrons. The van der Waals surface area contributed by atoms with E-state index in [2.05, 4.69) is 0 Å². The van der Waals surface area contributed by atoms with Crippen LogP contribution in [0.3, 0.4) is 0 Å². The minimum absolute atomic E-state index is 0. The lowest BCUT2D eigenvalue weighted by Crippen LogP contribution is -2.04. The Hall–Kier alpha value is 0.440. The molecule has 1 nitrogen and oxygen atoms in total. The van der Waals surface area contributed by atoms with Crippen molar-refractivity contribution in [2.24, 2.45) is 11.7 Å². The molecule has 0 aromatic carbocycles. The molecule has 0 bridgehead atoms. The van der Waals surface area contributed by atoms with E-state index >= 15 is 0 Å². The molecule has 0 amide bonds. The normalized spacial score (nSPS) is 19.7. The second kappa shape index (κ2) is 5.24. The van der Waals surface area contributed by atoms with Crippen molar-refractivity contribution in [3.05, 3.63) is 0 Å². The molecule has 2 heteroatoms. The van der Waals surface area contributed by atoms with E-state index in [0.717, 1.165) is 12.5 Å². The molecule has 0 aliphatic heterocycles. The molecule has 0 unspecified atom stereocenters. The summed E-state index contributed by atoms with van der Waals surface area (Å²) in [5.41, 5.74) is 5.41. The van der Waals surface area contributed by atoms with Crippen LogP contribution in [-0.2, 0) is 0 Å². The summed E-state index contributed by atoms with van der Waals surface area (Å²) in [6.07, 6.45) is 7.05. The van der Waals surface area contributed by atoms with Gasteiger partial charge in [0.2, 0.25) is 0 Å². The molecule has 1 saturated carbocycles. The SMILES string of the molecule is Br.NCCC1CCCC1. The van der Waals surface area contributed by atoms with E-state index < -0.39 is 0 Å². The monoisotopic (exact) mass is 193 g/mol. The molecule has 1 rings (SSSR count). The fraction of sp³-hybridized carbons (Fsp3) is 1.00. The average molecular weight is 194 g/mol. The zero-order valence-electron chi connectivity index (χ0n) is 5.81. The Kier molecular flexibility index (Phi) is 5.50. The van der Waals surface area contributed by atoms with E-state index in [9.17, 15) is 0 Å². The van der Waals surface area contributed by atoms with E-state index in [1.165, 1.54) is 32.1 Å². The number of halogens is 1. The van der Waals surface area contributed by atoms with Crippen molar-refractivity contribution >= 4 is 17.0 Å². The summed E-state index contributed by atoms with van der Waals surface area (Å²) >= 11 is 0. The molecule has 56 valence electrons. The predicted molar refractivity (Wildman–Crippen MR) is 46.0 cm³/mol. The van der Waals surface area contributed by atoms with Crippen molar-refractivity contribution in [2.75, 3.05) is 6.54 Å². The molecule has 0 saturated heterocycles. The Morgan fingerprint density at radius 3 is 2.22 bits per heavy atom. The van der Waals surface area contributed by atoms with Gasteiger partial charge >= 0.3 is 0 Å². The molecule has 0 aromatic heterocycles. The van der Waals surface area contributed by atoms with Crippen molar-refractivity contribution in [1.29, 1.82) is 0 Å². The highest BCUT2D eigenvalue weighted by Crippen LogP contribution is 2.26. The molecule has 0 spiro atoms. The smallest absolute Gasteiger partial charge is 0.00746 e. The van der Waals surface area contributed by atoms with Crippen molar-refractivity contribution < 1.29 is 0 Å². The summed E-state index contributed by atoms with van der Waals surface area (Å²) in [6, 6.07) is 0. The van der Waals surface area contributed by atoms with Gasteiger partial charge in [0.1, 0.15) is 0 Å². The third-order valence-corrected chi connectivity index (χ3v) is 2.05. The predicted octanol–water partition coefficient (Wildman–Crippen LogP) is 2.10. The first kappa shape index (κ1) is 9.44. The maximum absolute atomic E-state index is 5.41. The van der Waals surface area contributed by atoms with Gasteiger partial charge in [-0.2, -0.15) is 0 Å². The van der Waals surface area contributed by atoms with Crippen molar-refractivity contribution in [2.45, 2.75) is 32.1 Å². The first-order chi connectivity index (χ1) is 3.93. The second-order valence-corrected chi connectivity index (χ2v) is 2.73. The third-order valence-electron chi connectivity index (χ3n) is 2.05. The van der Waals surface area contributed by atoms with E-state index in [-0.39, 0.29) is 17.0 Å². The van der Waals surface area contributed by atoms with Crippen molar-refractivity contribution in [1.82, 2.24) is 0 Å². The third kappa shape index (κ3) is 3.21. The van der Waals surface area contributed by atoms with Gasteiger partial charge in [0, 0.05) is 0 Å². The zero-order chi connectivity index (χ0) is 5.82. The van der Waals surface area contributed by atoms with Crippen molar-refractivity contribution in [3.63, 3.8) is 0 Å². The average Bonchev–Trinajstić information content (AvgIpc) is 2.19. The lowest BCUT2D eigenvalue weighted by molar-refractivity contribution is 0.511. The summed E-state index contributed by atoms with van der Waals surface area (Å²) in [7, 11) is 0. The number of hydrogen-bond donors (Lipinski definition) is 1. The Morgan fingerprint density at radius 2 is 1.78 bits per heavy atom. The van der Waals surface area contributed by atoms with Crippen LogP contribution in [0.4, 0.5) is 0 Å². The summed E-state index contributed by atoms with van der Waals surface area (Å²) in [6.45, 7) is 0.894. The van der Waals surface area contributed by atoms with Gasteiger partial charge in [-0.25, -0.2) is 0 Å². The van der Waals surface area contributed by atoms with Gasteiger partial charge in [-0.3, -0.25) is 0 Å². The van der Waals surface area contributed by atoms with Crippen LogP contribution in [0.15, 0.2) is 0 Å². The molecule has 1 aliphatic carbocycles. The van der Waals surface area contributed by atoms with Gasteiger partial charge in [-0.05, 0) is 18.9 Å². The highest BCUT2D eigenvalue weighted by molar-refractivity contribution is 8.93. The van der Waals surface area contributed by atoms with Gasteiger partial charge in [0.05, 0.1) is 0 Å². The summed E-state index contributed by atoms with van der Waals surface area (Å²) in [5.74, 6) is 0.986. The topological polar surface area (TPSA) is 26.0 Å². The number of nitrogens with two attached hydrogens (primary N) is 1. The Balaban J connectivity index is 0.000000640. The van der Waals surface area contributed by atoms with Gasteiger partial charge in [-0.1, -0.05) is 25.7 Å². The molecule has 2 N–H and O–H groups in total. The van der Waals surface area contributed by atoms with E-state index in [0.29, 0.717) is 0 Å². The van der Waals surface area contributed by atoms with E-state index in [1.807, 2.05) is 0 Å². The van der Waals surface area contributed by atoms with Crippen LogP contribution in [0.1, 0.15) is 32.1 Å². The van der Waals surface area contributed by atoms with Crippen LogP contribution in [0.25, 0.3) is 0 Å². The fourth-order valence-corrected chi connectivity index (χ4v) is 1.53. The molecule has 0 atom stereocenters. The van der Waals surface area contributed by atoms with Crippen LogP contribution in [0, 0.1) is 5.92 Å². The molecule has 9 heavy (non-hydrogen) atoms. The van der Waals surface area contributed by atoms with Crippen LogP contribution < -0.4 is 5.73 Å². The minimum Gasteiger partial charge on any atom is -0.330 e. The lowest BCUT2D eigenvalue weighted by Gasteiger charge is -2.03. The van der Waals surface area contributed by atoms with E-state index in [1.54, 1.807) is 0 Å². The molecule has 0 aromatic rings. The Bertz CT molecular complexity index is 59.9. The Labute approximate surface area is 67.8 Å². The van der Waals surface area contributed by atoms with Crippen LogP contribution in [-0.4, -0.2) is 6.54 Å². The first-order valence-electron chi connectivity index (χ1n) is 3.63. The minimum atomic E-state index is 0. The van der Waals surface area contributed by atoms with Crippen molar-refractivity contribution in [3.8, 4) is 0 Å². The van der Waals surface area contributed by atoms with Gasteiger partial charge in [0.15, 0.2) is 0 Å². The lowest BCUT2D eigenvalue weighted by atomic mass is 10.1. The number of hydrogen-bond acceptors (Lipinski definition) is 1. The molecule has 0 heterocycles. The molecular formula is C7H16BrN. The zero-order valence-corrected chi connectivity index (χ0v) is 7.52. The van der Waals surface area contributed by atoms with Gasteiger partial charge < -0.3 is 5.73 Å². The molecule has 1 fully saturated rings. The Morgan fingerprint density at radius 1 is 1.22 bits per heavy atom.